The maximum absolute atomic E-state index is 13.0. The van der Waals surface area contributed by atoms with Crippen molar-refractivity contribution in [3.63, 3.8) is 0 Å². The van der Waals surface area contributed by atoms with Crippen LogP contribution in [0.25, 0.3) is 0 Å². The number of carbonyl (C=O) groups is 2. The standard InChI is InChI=1S/C26H31N5O4/c1-34-23-7-5-20(6-8-23)24(31-13-15-35-16-14-31)18-28-26(33)21-3-2-4-22(17-21)29-25(32)9-11-30-12-10-27-19-30/h2-8,10,12,17,19,24H,9,11,13-16,18H2,1H3,(H,28,33)(H,29,32). The molecule has 2 aromatic carbocycles. The number of amides is 2. The van der Waals surface area contributed by atoms with E-state index in [1.807, 2.05) is 35.0 Å². The van der Waals surface area contributed by atoms with E-state index in [2.05, 4.69) is 20.5 Å². The summed E-state index contributed by atoms with van der Waals surface area (Å²) in [4.78, 5) is 31.6. The quantitative estimate of drug-likeness (QED) is 0.466. The molecule has 1 aromatic heterocycles. The number of hydrogen-bond acceptors (Lipinski definition) is 6. The average molecular weight is 478 g/mol. The number of hydrogen-bond donors (Lipinski definition) is 2. The molecule has 35 heavy (non-hydrogen) atoms. The molecule has 1 fully saturated rings. The van der Waals surface area contributed by atoms with Crippen LogP contribution in [0.3, 0.4) is 0 Å². The van der Waals surface area contributed by atoms with E-state index < -0.39 is 0 Å². The van der Waals surface area contributed by atoms with E-state index in [0.29, 0.717) is 44.0 Å². The van der Waals surface area contributed by atoms with Crippen LogP contribution in [0.4, 0.5) is 5.69 Å². The maximum atomic E-state index is 13.0. The van der Waals surface area contributed by atoms with Gasteiger partial charge in [0.1, 0.15) is 5.75 Å². The van der Waals surface area contributed by atoms with Gasteiger partial charge in [0.25, 0.3) is 5.91 Å². The Kier molecular flexibility index (Phi) is 8.48. The lowest BCUT2D eigenvalue weighted by Gasteiger charge is -2.35. The summed E-state index contributed by atoms with van der Waals surface area (Å²) in [5.74, 6) is 0.483. The van der Waals surface area contributed by atoms with Crippen molar-refractivity contribution in [3.8, 4) is 5.75 Å². The summed E-state index contributed by atoms with van der Waals surface area (Å²) in [7, 11) is 1.64. The number of benzene rings is 2. The van der Waals surface area contributed by atoms with Crippen molar-refractivity contribution in [2.75, 3.05) is 45.3 Å². The van der Waals surface area contributed by atoms with Gasteiger partial charge in [-0.2, -0.15) is 0 Å². The number of ether oxygens (including phenoxy) is 2. The first kappa shape index (κ1) is 24.4. The zero-order valence-corrected chi connectivity index (χ0v) is 19.9. The zero-order valence-electron chi connectivity index (χ0n) is 19.9. The van der Waals surface area contributed by atoms with E-state index in [9.17, 15) is 9.59 Å². The Labute approximate surface area is 205 Å². The second-order valence-electron chi connectivity index (χ2n) is 8.33. The van der Waals surface area contributed by atoms with Crippen LogP contribution in [0.5, 0.6) is 5.75 Å². The number of anilines is 1. The van der Waals surface area contributed by atoms with Gasteiger partial charge in [-0.25, -0.2) is 4.98 Å². The van der Waals surface area contributed by atoms with Gasteiger partial charge in [0, 0.05) is 56.2 Å². The summed E-state index contributed by atoms with van der Waals surface area (Å²) in [5.41, 5.74) is 2.19. The molecule has 1 atom stereocenters. The van der Waals surface area contributed by atoms with Gasteiger partial charge in [0.2, 0.25) is 5.91 Å². The molecule has 2 heterocycles. The predicted molar refractivity (Wildman–Crippen MR) is 132 cm³/mol. The number of morpholine rings is 1. The van der Waals surface area contributed by atoms with Gasteiger partial charge in [-0.3, -0.25) is 14.5 Å². The molecule has 1 aliphatic rings. The molecule has 0 saturated carbocycles. The molecule has 4 rings (SSSR count). The molecule has 2 amide bonds. The SMILES string of the molecule is COc1ccc(C(CNC(=O)c2cccc(NC(=O)CCn3ccnc3)c2)N2CCOCC2)cc1. The molecule has 3 aromatic rings. The molecule has 184 valence electrons. The number of nitrogens with one attached hydrogen (secondary N) is 2. The number of carbonyl (C=O) groups excluding carboxylic acids is 2. The molecular formula is C26H31N5O4. The number of rotatable bonds is 10. The van der Waals surface area contributed by atoms with Gasteiger partial charge in [0.15, 0.2) is 0 Å². The highest BCUT2D eigenvalue weighted by molar-refractivity contribution is 5.97. The summed E-state index contributed by atoms with van der Waals surface area (Å²) in [6, 6.07) is 14.9. The first-order valence-electron chi connectivity index (χ1n) is 11.7. The van der Waals surface area contributed by atoms with Crippen LogP contribution in [0.1, 0.15) is 28.4 Å². The first-order valence-corrected chi connectivity index (χ1v) is 11.7. The molecule has 1 unspecified atom stereocenters. The topological polar surface area (TPSA) is 97.7 Å². The third kappa shape index (κ3) is 6.91. The van der Waals surface area contributed by atoms with Crippen LogP contribution < -0.4 is 15.4 Å². The smallest absolute Gasteiger partial charge is 0.251 e. The number of methoxy groups -OCH3 is 1. The molecule has 0 bridgehead atoms. The Balaban J connectivity index is 1.37. The Hall–Kier alpha value is -3.69. The van der Waals surface area contributed by atoms with E-state index in [1.165, 1.54) is 0 Å². The van der Waals surface area contributed by atoms with Crippen molar-refractivity contribution in [2.24, 2.45) is 0 Å². The fourth-order valence-electron chi connectivity index (χ4n) is 4.08. The maximum Gasteiger partial charge on any atom is 0.251 e. The van der Waals surface area contributed by atoms with Crippen molar-refractivity contribution in [3.05, 3.63) is 78.4 Å². The summed E-state index contributed by atoms with van der Waals surface area (Å²) >= 11 is 0. The van der Waals surface area contributed by atoms with Crippen LogP contribution in [0.15, 0.2) is 67.3 Å². The summed E-state index contributed by atoms with van der Waals surface area (Å²) in [6.45, 7) is 3.93. The van der Waals surface area contributed by atoms with Crippen molar-refractivity contribution < 1.29 is 19.1 Å². The third-order valence-corrected chi connectivity index (χ3v) is 6.01. The number of nitrogens with zero attached hydrogens (tertiary/aromatic N) is 3. The van der Waals surface area contributed by atoms with Crippen molar-refractivity contribution in [1.29, 1.82) is 0 Å². The molecule has 1 saturated heterocycles. The lowest BCUT2D eigenvalue weighted by atomic mass is 10.0. The molecule has 2 N–H and O–H groups in total. The first-order chi connectivity index (χ1) is 17.1. The van der Waals surface area contributed by atoms with E-state index >= 15 is 0 Å². The Morgan fingerprint density at radius 3 is 2.66 bits per heavy atom. The Bertz CT molecular complexity index is 1100. The molecule has 0 aliphatic carbocycles. The third-order valence-electron chi connectivity index (χ3n) is 6.01. The minimum atomic E-state index is -0.189. The highest BCUT2D eigenvalue weighted by Crippen LogP contribution is 2.24. The number of aromatic nitrogens is 2. The number of aryl methyl sites for hydroxylation is 1. The van der Waals surface area contributed by atoms with Gasteiger partial charge < -0.3 is 24.7 Å². The fraction of sp³-hybridized carbons (Fsp3) is 0.346. The lowest BCUT2D eigenvalue weighted by Crippen LogP contribution is -2.43. The second-order valence-corrected chi connectivity index (χ2v) is 8.33. The van der Waals surface area contributed by atoms with E-state index in [1.54, 1.807) is 43.9 Å². The normalized spacial score (nSPS) is 14.8. The fourth-order valence-corrected chi connectivity index (χ4v) is 4.08. The van der Waals surface area contributed by atoms with Gasteiger partial charge in [-0.05, 0) is 35.9 Å². The van der Waals surface area contributed by atoms with Gasteiger partial charge >= 0.3 is 0 Å². The van der Waals surface area contributed by atoms with Crippen molar-refractivity contribution in [1.82, 2.24) is 19.8 Å². The minimum Gasteiger partial charge on any atom is -0.497 e. The van der Waals surface area contributed by atoms with E-state index in [4.69, 9.17) is 9.47 Å². The summed E-state index contributed by atoms with van der Waals surface area (Å²) in [5, 5.41) is 5.94. The molecule has 9 nitrogen and oxygen atoms in total. The highest BCUT2D eigenvalue weighted by Gasteiger charge is 2.23. The van der Waals surface area contributed by atoms with E-state index in [-0.39, 0.29) is 17.9 Å². The lowest BCUT2D eigenvalue weighted by molar-refractivity contribution is -0.116. The summed E-state index contributed by atoms with van der Waals surface area (Å²) < 4.78 is 12.6. The van der Waals surface area contributed by atoms with Crippen LogP contribution in [0.2, 0.25) is 0 Å². The molecular weight excluding hydrogens is 446 g/mol. The second kappa shape index (κ2) is 12.1. The van der Waals surface area contributed by atoms with Crippen molar-refractivity contribution in [2.45, 2.75) is 19.0 Å². The van der Waals surface area contributed by atoms with Crippen LogP contribution in [-0.2, 0) is 16.1 Å². The molecule has 0 radical (unpaired) electrons. The molecule has 1 aliphatic heterocycles. The predicted octanol–water partition coefficient (Wildman–Crippen LogP) is 2.72. The van der Waals surface area contributed by atoms with Crippen LogP contribution in [0, 0.1) is 0 Å². The Morgan fingerprint density at radius 1 is 1.14 bits per heavy atom. The number of imidazole rings is 1. The van der Waals surface area contributed by atoms with Gasteiger partial charge in [-0.1, -0.05) is 18.2 Å². The van der Waals surface area contributed by atoms with Crippen LogP contribution in [-0.4, -0.2) is 66.2 Å². The highest BCUT2D eigenvalue weighted by atomic mass is 16.5. The van der Waals surface area contributed by atoms with Gasteiger partial charge in [0.05, 0.1) is 32.7 Å². The van der Waals surface area contributed by atoms with Crippen molar-refractivity contribution >= 4 is 17.5 Å². The van der Waals surface area contributed by atoms with Crippen LogP contribution >= 0.6 is 0 Å². The molecule has 0 spiro atoms. The van der Waals surface area contributed by atoms with Gasteiger partial charge in [-0.15, -0.1) is 0 Å². The summed E-state index contributed by atoms with van der Waals surface area (Å²) in [6.07, 6.45) is 5.48. The minimum absolute atomic E-state index is 0.0137. The monoisotopic (exact) mass is 477 g/mol. The molecule has 9 heteroatoms. The zero-order chi connectivity index (χ0) is 24.5. The largest absolute Gasteiger partial charge is 0.497 e. The average Bonchev–Trinajstić information content (AvgIpc) is 3.42. The van der Waals surface area contributed by atoms with E-state index in [0.717, 1.165) is 24.4 Å². The Morgan fingerprint density at radius 2 is 1.94 bits per heavy atom.